The maximum absolute atomic E-state index is 13.3. The van der Waals surface area contributed by atoms with Gasteiger partial charge in [-0.15, -0.1) is 10.2 Å². The summed E-state index contributed by atoms with van der Waals surface area (Å²) in [6.07, 6.45) is 0. The number of hydrogen-bond acceptors (Lipinski definition) is 8. The zero-order valence-corrected chi connectivity index (χ0v) is 16.3. The summed E-state index contributed by atoms with van der Waals surface area (Å²) in [5.74, 6) is -2.81. The third-order valence-electron chi connectivity index (χ3n) is 4.64. The van der Waals surface area contributed by atoms with E-state index in [0.717, 1.165) is 28.4 Å². The summed E-state index contributed by atoms with van der Waals surface area (Å²) in [6.45, 7) is 0. The van der Waals surface area contributed by atoms with E-state index >= 15 is 0 Å². The van der Waals surface area contributed by atoms with Crippen LogP contribution in [-0.2, 0) is 9.59 Å². The number of carbonyl (C=O) groups excluding carboxylic acids is 2. The first kappa shape index (κ1) is 19.5. The Morgan fingerprint density at radius 2 is 1.93 bits per heavy atom. The average molecular weight is 427 g/mol. The van der Waals surface area contributed by atoms with Gasteiger partial charge >= 0.3 is 5.91 Å². The van der Waals surface area contributed by atoms with Crippen LogP contribution in [0.25, 0.3) is 5.76 Å². The van der Waals surface area contributed by atoms with Gasteiger partial charge in [-0.05, 0) is 42.0 Å². The summed E-state index contributed by atoms with van der Waals surface area (Å²) in [5.41, 5.74) is 1.77. The quantitative estimate of drug-likeness (QED) is 0.374. The number of nitrogens with zero attached hydrogens (tertiary/aromatic N) is 3. The Labute approximate surface area is 173 Å². The summed E-state index contributed by atoms with van der Waals surface area (Å²) in [6, 6.07) is 8.13. The van der Waals surface area contributed by atoms with Crippen molar-refractivity contribution in [1.82, 2.24) is 10.2 Å². The van der Waals surface area contributed by atoms with Crippen molar-refractivity contribution in [2.24, 2.45) is 0 Å². The van der Waals surface area contributed by atoms with Crippen molar-refractivity contribution in [1.29, 1.82) is 0 Å². The zero-order valence-electron chi connectivity index (χ0n) is 15.4. The van der Waals surface area contributed by atoms with Crippen LogP contribution in [0.5, 0.6) is 11.5 Å². The number of phenols is 1. The van der Waals surface area contributed by atoms with Crippen molar-refractivity contribution in [2.45, 2.75) is 6.04 Å². The van der Waals surface area contributed by atoms with Crippen molar-refractivity contribution in [2.75, 3.05) is 12.0 Å². The number of ketones is 1. The summed E-state index contributed by atoms with van der Waals surface area (Å²) in [5, 5.41) is 28.6. The molecule has 1 amide bonds. The molecule has 1 atom stereocenters. The van der Waals surface area contributed by atoms with Gasteiger partial charge in [0.25, 0.3) is 5.78 Å². The van der Waals surface area contributed by atoms with Crippen molar-refractivity contribution in [3.05, 3.63) is 70.5 Å². The van der Waals surface area contributed by atoms with Gasteiger partial charge in [0.2, 0.25) is 5.13 Å². The topological polar surface area (TPSA) is 113 Å². The van der Waals surface area contributed by atoms with Crippen LogP contribution in [0.2, 0.25) is 0 Å². The molecule has 8 nitrogen and oxygen atoms in total. The molecular weight excluding hydrogens is 413 g/mol. The maximum atomic E-state index is 13.3. The van der Waals surface area contributed by atoms with Gasteiger partial charge in [-0.2, -0.15) is 0 Å². The number of phenolic OH excluding ortho intramolecular Hbond substituents is 1. The Hall–Kier alpha value is -3.79. The fourth-order valence-corrected chi connectivity index (χ4v) is 3.83. The lowest BCUT2D eigenvalue weighted by molar-refractivity contribution is -0.132. The second-order valence-electron chi connectivity index (χ2n) is 6.33. The van der Waals surface area contributed by atoms with Crippen LogP contribution in [0.4, 0.5) is 9.52 Å². The lowest BCUT2D eigenvalue weighted by Crippen LogP contribution is -2.29. The van der Waals surface area contributed by atoms with Crippen LogP contribution in [-0.4, -0.2) is 39.2 Å². The number of aliphatic hydroxyl groups excluding tert-OH is 1. The molecule has 2 heterocycles. The van der Waals surface area contributed by atoms with Crippen LogP contribution in [0.3, 0.4) is 0 Å². The number of benzene rings is 2. The first-order chi connectivity index (χ1) is 14.4. The monoisotopic (exact) mass is 427 g/mol. The van der Waals surface area contributed by atoms with Crippen LogP contribution in [0.15, 0.2) is 53.5 Å². The molecule has 0 saturated carbocycles. The molecule has 1 aliphatic heterocycles. The van der Waals surface area contributed by atoms with Crippen LogP contribution >= 0.6 is 11.3 Å². The lowest BCUT2D eigenvalue weighted by Gasteiger charge is -2.23. The number of halogens is 1. The fourth-order valence-electron chi connectivity index (χ4n) is 3.24. The normalized spacial score (nSPS) is 18.1. The maximum Gasteiger partial charge on any atom is 0.301 e. The molecule has 0 aliphatic carbocycles. The molecule has 152 valence electrons. The van der Waals surface area contributed by atoms with E-state index in [1.807, 2.05) is 0 Å². The van der Waals surface area contributed by atoms with Crippen molar-refractivity contribution >= 4 is 33.9 Å². The summed E-state index contributed by atoms with van der Waals surface area (Å²) < 4.78 is 18.4. The molecule has 1 saturated heterocycles. The number of rotatable bonds is 4. The van der Waals surface area contributed by atoms with E-state index in [4.69, 9.17) is 4.74 Å². The standard InChI is InChI=1S/C20H14FN3O5S/c1-29-14-8-11(4-7-13(14)25)16-15(17(26)10-2-5-12(21)6-3-10)18(27)19(28)24(16)20-23-22-9-30-20/h2-9,16,25-26H,1H3/t16-/m1/s1. The number of methoxy groups -OCH3 is 1. The SMILES string of the molecule is COc1cc([C@@H]2C(=C(O)c3ccc(F)cc3)C(=O)C(=O)N2c2nncs2)ccc1O. The van der Waals surface area contributed by atoms with Crippen LogP contribution in [0.1, 0.15) is 17.2 Å². The molecule has 2 N–H and O–H groups in total. The molecule has 0 radical (unpaired) electrons. The number of aliphatic hydroxyl groups is 1. The predicted octanol–water partition coefficient (Wildman–Crippen LogP) is 3.02. The van der Waals surface area contributed by atoms with E-state index in [1.165, 1.54) is 43.0 Å². The van der Waals surface area contributed by atoms with Crippen LogP contribution < -0.4 is 9.64 Å². The van der Waals surface area contributed by atoms with E-state index in [0.29, 0.717) is 5.56 Å². The van der Waals surface area contributed by atoms with E-state index in [1.54, 1.807) is 0 Å². The highest BCUT2D eigenvalue weighted by Gasteiger charge is 2.48. The molecular formula is C20H14FN3O5S. The molecule has 2 aromatic carbocycles. The minimum absolute atomic E-state index is 0.122. The van der Waals surface area contributed by atoms with Gasteiger partial charge < -0.3 is 14.9 Å². The minimum Gasteiger partial charge on any atom is -0.507 e. The van der Waals surface area contributed by atoms with Gasteiger partial charge in [-0.25, -0.2) is 4.39 Å². The molecule has 0 spiro atoms. The number of hydrogen-bond donors (Lipinski definition) is 2. The van der Waals surface area contributed by atoms with Gasteiger partial charge in [-0.3, -0.25) is 14.5 Å². The van der Waals surface area contributed by atoms with E-state index in [9.17, 15) is 24.2 Å². The van der Waals surface area contributed by atoms with Gasteiger partial charge in [-0.1, -0.05) is 17.4 Å². The number of carbonyl (C=O) groups is 2. The smallest absolute Gasteiger partial charge is 0.301 e. The van der Waals surface area contributed by atoms with Gasteiger partial charge in [0.05, 0.1) is 18.7 Å². The molecule has 1 aromatic heterocycles. The molecule has 10 heteroatoms. The molecule has 1 fully saturated rings. The Balaban J connectivity index is 1.95. The fraction of sp³-hybridized carbons (Fsp3) is 0.100. The van der Waals surface area contributed by atoms with E-state index < -0.39 is 29.3 Å². The van der Waals surface area contributed by atoms with Gasteiger partial charge in [0.1, 0.15) is 17.1 Å². The minimum atomic E-state index is -1.06. The first-order valence-corrected chi connectivity index (χ1v) is 9.50. The largest absolute Gasteiger partial charge is 0.507 e. The number of aromatic nitrogens is 2. The van der Waals surface area contributed by atoms with Crippen molar-refractivity contribution in [3.63, 3.8) is 0 Å². The van der Waals surface area contributed by atoms with Gasteiger partial charge in [0.15, 0.2) is 11.5 Å². The Morgan fingerprint density at radius 1 is 1.20 bits per heavy atom. The number of aromatic hydroxyl groups is 1. The second kappa shape index (κ2) is 7.56. The molecule has 0 unspecified atom stereocenters. The number of ether oxygens (including phenoxy) is 1. The average Bonchev–Trinajstić information content (AvgIpc) is 3.35. The Kier molecular flexibility index (Phi) is 4.92. The highest BCUT2D eigenvalue weighted by molar-refractivity contribution is 7.13. The highest BCUT2D eigenvalue weighted by Crippen LogP contribution is 2.44. The van der Waals surface area contributed by atoms with Crippen molar-refractivity contribution in [3.8, 4) is 11.5 Å². The molecule has 1 aliphatic rings. The molecule has 0 bridgehead atoms. The molecule has 30 heavy (non-hydrogen) atoms. The van der Waals surface area contributed by atoms with E-state index in [2.05, 4.69) is 10.2 Å². The number of anilines is 1. The first-order valence-electron chi connectivity index (χ1n) is 8.62. The predicted molar refractivity (Wildman–Crippen MR) is 106 cm³/mol. The molecule has 3 aromatic rings. The zero-order chi connectivity index (χ0) is 21.4. The molecule has 4 rings (SSSR count). The Morgan fingerprint density at radius 3 is 2.57 bits per heavy atom. The Bertz CT molecular complexity index is 1160. The van der Waals surface area contributed by atoms with Crippen molar-refractivity contribution < 1.29 is 28.9 Å². The number of amides is 1. The van der Waals surface area contributed by atoms with Gasteiger partial charge in [0, 0.05) is 5.56 Å². The second-order valence-corrected chi connectivity index (χ2v) is 7.14. The number of Topliss-reactive ketones (excluding diaryl/α,β-unsaturated/α-hetero) is 1. The van der Waals surface area contributed by atoms with Crippen LogP contribution in [0, 0.1) is 5.82 Å². The summed E-state index contributed by atoms with van der Waals surface area (Å²) >= 11 is 1.05. The summed E-state index contributed by atoms with van der Waals surface area (Å²) in [7, 11) is 1.36. The highest BCUT2D eigenvalue weighted by atomic mass is 32.1. The third-order valence-corrected chi connectivity index (χ3v) is 5.33. The third kappa shape index (κ3) is 3.16. The lowest BCUT2D eigenvalue weighted by atomic mass is 9.95. The van der Waals surface area contributed by atoms with E-state index in [-0.39, 0.29) is 27.8 Å². The summed E-state index contributed by atoms with van der Waals surface area (Å²) in [4.78, 5) is 26.9.